The maximum atomic E-state index is 13.0. The molecule has 2 aromatic rings. The molecule has 1 aliphatic rings. The summed E-state index contributed by atoms with van der Waals surface area (Å²) in [7, 11) is 0. The van der Waals surface area contributed by atoms with Crippen LogP contribution < -0.4 is 11.5 Å². The molecular weight excluding hydrogens is 329 g/mol. The topological polar surface area (TPSA) is 69.1 Å². The third kappa shape index (κ3) is 2.91. The van der Waals surface area contributed by atoms with Crippen molar-refractivity contribution in [3.05, 3.63) is 59.7 Å². The Morgan fingerprint density at radius 1 is 0.960 bits per heavy atom. The Balaban J connectivity index is 1.85. The molecule has 1 atom stereocenters. The lowest BCUT2D eigenvalue weighted by molar-refractivity contribution is -0.184. The molecule has 1 unspecified atom stereocenters. The van der Waals surface area contributed by atoms with Crippen molar-refractivity contribution in [1.82, 2.24) is 0 Å². The number of amides is 1. The lowest BCUT2D eigenvalue weighted by atomic mass is 9.90. The fourth-order valence-electron chi connectivity index (χ4n) is 2.96. The molecule has 0 aromatic heterocycles. The second-order valence-corrected chi connectivity index (χ2v) is 6.80. The van der Waals surface area contributed by atoms with Gasteiger partial charge in [-0.25, -0.2) is 0 Å². The SMILES string of the molecule is CC(N)(c1ccc(-c2ccc(C3(C(N)=O)CC3)cc2)cc1)C(F)(F)F. The molecule has 1 saturated carbocycles. The van der Waals surface area contributed by atoms with Gasteiger partial charge in [0.25, 0.3) is 0 Å². The Hall–Kier alpha value is -2.34. The van der Waals surface area contributed by atoms with Gasteiger partial charge in [0.2, 0.25) is 5.91 Å². The first-order chi connectivity index (χ1) is 11.6. The highest BCUT2D eigenvalue weighted by molar-refractivity contribution is 5.90. The summed E-state index contributed by atoms with van der Waals surface area (Å²) >= 11 is 0. The number of halogens is 3. The lowest BCUT2D eigenvalue weighted by Crippen LogP contribution is -2.47. The van der Waals surface area contributed by atoms with E-state index in [2.05, 4.69) is 0 Å². The van der Waals surface area contributed by atoms with Gasteiger partial charge in [-0.2, -0.15) is 13.2 Å². The first kappa shape index (κ1) is 17.5. The summed E-state index contributed by atoms with van der Waals surface area (Å²) in [5.41, 5.74) is 10.5. The molecule has 0 aliphatic heterocycles. The molecule has 1 aliphatic carbocycles. The zero-order chi connectivity index (χ0) is 18.5. The lowest BCUT2D eigenvalue weighted by Gasteiger charge is -2.28. The highest BCUT2D eigenvalue weighted by Gasteiger charge is 2.50. The van der Waals surface area contributed by atoms with Crippen LogP contribution in [0.5, 0.6) is 0 Å². The molecule has 1 fully saturated rings. The standard InChI is InChI=1S/C19H19F3N2O/c1-17(24,19(20,21)22)14-6-2-12(3-7-14)13-4-8-15(9-5-13)18(10-11-18)16(23)25/h2-9H,10-11,24H2,1H3,(H2,23,25). The fourth-order valence-corrected chi connectivity index (χ4v) is 2.96. The van der Waals surface area contributed by atoms with Crippen LogP contribution in [-0.4, -0.2) is 12.1 Å². The van der Waals surface area contributed by atoms with Crippen molar-refractivity contribution in [2.24, 2.45) is 11.5 Å². The molecule has 4 N–H and O–H groups in total. The van der Waals surface area contributed by atoms with Gasteiger partial charge in [-0.3, -0.25) is 4.79 Å². The molecule has 0 spiro atoms. The third-order valence-electron chi connectivity index (χ3n) is 5.07. The van der Waals surface area contributed by atoms with Gasteiger partial charge >= 0.3 is 6.18 Å². The number of primary amides is 1. The number of rotatable bonds is 4. The quantitative estimate of drug-likeness (QED) is 0.886. The average molecular weight is 348 g/mol. The van der Waals surface area contributed by atoms with Crippen LogP contribution in [0.15, 0.2) is 48.5 Å². The average Bonchev–Trinajstić information content (AvgIpc) is 3.36. The van der Waals surface area contributed by atoms with Gasteiger partial charge in [-0.15, -0.1) is 0 Å². The molecule has 132 valence electrons. The van der Waals surface area contributed by atoms with E-state index in [4.69, 9.17) is 11.5 Å². The van der Waals surface area contributed by atoms with E-state index in [1.165, 1.54) is 12.1 Å². The van der Waals surface area contributed by atoms with Gasteiger partial charge in [-0.1, -0.05) is 48.5 Å². The first-order valence-corrected chi connectivity index (χ1v) is 7.95. The molecule has 0 radical (unpaired) electrons. The Morgan fingerprint density at radius 3 is 1.76 bits per heavy atom. The van der Waals surface area contributed by atoms with Gasteiger partial charge in [0, 0.05) is 0 Å². The molecule has 2 aromatic carbocycles. The van der Waals surface area contributed by atoms with Crippen molar-refractivity contribution in [1.29, 1.82) is 0 Å². The summed E-state index contributed by atoms with van der Waals surface area (Å²) in [6.45, 7) is 0.954. The zero-order valence-corrected chi connectivity index (χ0v) is 13.7. The van der Waals surface area contributed by atoms with Crippen LogP contribution in [0.2, 0.25) is 0 Å². The maximum Gasteiger partial charge on any atom is 0.410 e. The minimum Gasteiger partial charge on any atom is -0.369 e. The summed E-state index contributed by atoms with van der Waals surface area (Å²) in [5.74, 6) is -0.320. The second kappa shape index (κ2) is 5.59. The predicted octanol–water partition coefficient (Wildman–Crippen LogP) is 3.61. The molecule has 0 saturated heterocycles. The predicted molar refractivity (Wildman–Crippen MR) is 89.6 cm³/mol. The van der Waals surface area contributed by atoms with Crippen molar-refractivity contribution in [2.45, 2.75) is 36.9 Å². The Bertz CT molecular complexity index is 789. The highest BCUT2D eigenvalue weighted by Crippen LogP contribution is 2.48. The van der Waals surface area contributed by atoms with Crippen LogP contribution in [0.25, 0.3) is 11.1 Å². The van der Waals surface area contributed by atoms with Crippen LogP contribution in [0.4, 0.5) is 13.2 Å². The van der Waals surface area contributed by atoms with Crippen LogP contribution in [-0.2, 0) is 15.7 Å². The molecular formula is C19H19F3N2O. The summed E-state index contributed by atoms with van der Waals surface area (Å²) < 4.78 is 39.0. The van der Waals surface area contributed by atoms with E-state index in [0.29, 0.717) is 0 Å². The van der Waals surface area contributed by atoms with Crippen LogP contribution in [0.1, 0.15) is 30.9 Å². The van der Waals surface area contributed by atoms with Crippen molar-refractivity contribution < 1.29 is 18.0 Å². The second-order valence-electron chi connectivity index (χ2n) is 6.80. The van der Waals surface area contributed by atoms with E-state index in [1.807, 2.05) is 24.3 Å². The van der Waals surface area contributed by atoms with Gasteiger partial charge < -0.3 is 11.5 Å². The van der Waals surface area contributed by atoms with E-state index >= 15 is 0 Å². The number of carbonyl (C=O) groups is 1. The first-order valence-electron chi connectivity index (χ1n) is 7.95. The van der Waals surface area contributed by atoms with Crippen LogP contribution >= 0.6 is 0 Å². The fraction of sp³-hybridized carbons (Fsp3) is 0.316. The summed E-state index contributed by atoms with van der Waals surface area (Å²) in [5, 5.41) is 0. The summed E-state index contributed by atoms with van der Waals surface area (Å²) in [6, 6.07) is 13.4. The molecule has 0 heterocycles. The van der Waals surface area contributed by atoms with Gasteiger partial charge in [0.05, 0.1) is 5.41 Å². The van der Waals surface area contributed by atoms with Crippen molar-refractivity contribution >= 4 is 5.91 Å². The van der Waals surface area contributed by atoms with E-state index in [-0.39, 0.29) is 11.5 Å². The minimum atomic E-state index is -4.52. The molecule has 25 heavy (non-hydrogen) atoms. The van der Waals surface area contributed by atoms with E-state index in [0.717, 1.165) is 36.5 Å². The molecule has 3 nitrogen and oxygen atoms in total. The monoisotopic (exact) mass is 348 g/mol. The molecule has 1 amide bonds. The Kier molecular flexibility index (Phi) is 3.91. The van der Waals surface area contributed by atoms with Crippen LogP contribution in [0, 0.1) is 0 Å². The molecule has 0 bridgehead atoms. The number of hydrogen-bond donors (Lipinski definition) is 2. The van der Waals surface area contributed by atoms with Crippen molar-refractivity contribution in [2.75, 3.05) is 0 Å². The van der Waals surface area contributed by atoms with Crippen LogP contribution in [0.3, 0.4) is 0 Å². The number of alkyl halides is 3. The summed E-state index contributed by atoms with van der Waals surface area (Å²) in [4.78, 5) is 11.6. The Morgan fingerprint density at radius 2 is 1.40 bits per heavy atom. The number of hydrogen-bond acceptors (Lipinski definition) is 2. The van der Waals surface area contributed by atoms with Gasteiger partial charge in [-0.05, 0) is 42.0 Å². The van der Waals surface area contributed by atoms with E-state index < -0.39 is 17.1 Å². The number of benzene rings is 2. The van der Waals surface area contributed by atoms with Crippen molar-refractivity contribution in [3.63, 3.8) is 0 Å². The molecule has 3 rings (SSSR count). The third-order valence-corrected chi connectivity index (χ3v) is 5.07. The number of carbonyl (C=O) groups excluding carboxylic acids is 1. The zero-order valence-electron chi connectivity index (χ0n) is 13.7. The Labute approximate surface area is 143 Å². The minimum absolute atomic E-state index is 0.00559. The van der Waals surface area contributed by atoms with Gasteiger partial charge in [0.1, 0.15) is 5.54 Å². The molecule has 6 heteroatoms. The van der Waals surface area contributed by atoms with E-state index in [1.54, 1.807) is 12.1 Å². The smallest absolute Gasteiger partial charge is 0.369 e. The highest BCUT2D eigenvalue weighted by atomic mass is 19.4. The van der Waals surface area contributed by atoms with Crippen molar-refractivity contribution in [3.8, 4) is 11.1 Å². The maximum absolute atomic E-state index is 13.0. The number of nitrogens with two attached hydrogens (primary N) is 2. The van der Waals surface area contributed by atoms with Gasteiger partial charge in [0.15, 0.2) is 0 Å². The largest absolute Gasteiger partial charge is 0.410 e. The summed E-state index contributed by atoms with van der Waals surface area (Å²) in [6.07, 6.45) is -3.02. The van der Waals surface area contributed by atoms with E-state index in [9.17, 15) is 18.0 Å². The normalized spacial score (nSPS) is 18.4.